The van der Waals surface area contributed by atoms with E-state index in [1.165, 1.54) is 57.8 Å². The summed E-state index contributed by atoms with van der Waals surface area (Å²) in [5.41, 5.74) is 11.3. The normalized spacial score (nSPS) is 15.8. The van der Waals surface area contributed by atoms with Crippen molar-refractivity contribution < 1.29 is 0 Å². The molecule has 2 aliphatic heterocycles. The van der Waals surface area contributed by atoms with Gasteiger partial charge in [0.15, 0.2) is 0 Å². The van der Waals surface area contributed by atoms with Crippen LogP contribution in [-0.2, 0) is 10.8 Å². The van der Waals surface area contributed by atoms with Crippen LogP contribution in [0.5, 0.6) is 0 Å². The summed E-state index contributed by atoms with van der Waals surface area (Å²) in [6.07, 6.45) is 2.45. The minimum Gasteiger partial charge on any atom is -0.341 e. The van der Waals surface area contributed by atoms with E-state index in [1.54, 1.807) is 0 Å². The maximum atomic E-state index is 2.50. The van der Waals surface area contributed by atoms with Crippen molar-refractivity contribution in [3.8, 4) is 0 Å². The lowest BCUT2D eigenvalue weighted by atomic mass is 9.73. The molecule has 2 aliphatic rings. The molecule has 0 radical (unpaired) electrons. The van der Waals surface area contributed by atoms with Gasteiger partial charge in [-0.1, -0.05) is 114 Å². The molecule has 0 saturated carbocycles. The van der Waals surface area contributed by atoms with Crippen molar-refractivity contribution >= 4 is 22.7 Å². The Bertz CT molecular complexity index is 1320. The second kappa shape index (κ2) is 10.3. The molecule has 0 unspecified atom stereocenters. The highest BCUT2D eigenvalue weighted by atomic mass is 15.2. The highest BCUT2D eigenvalue weighted by Gasteiger charge is 2.36. The summed E-state index contributed by atoms with van der Waals surface area (Å²) in [6, 6.07) is 35.2. The predicted octanol–water partition coefficient (Wildman–Crippen LogP) is 9.75. The molecule has 0 fully saturated rings. The maximum Gasteiger partial charge on any atom is 0.0452 e. The quantitative estimate of drug-likeness (QED) is 0.274. The number of hydrogen-bond acceptors (Lipinski definition) is 2. The van der Waals surface area contributed by atoms with Gasteiger partial charge in [0.25, 0.3) is 0 Å². The first-order valence-corrected chi connectivity index (χ1v) is 14.3. The van der Waals surface area contributed by atoms with Gasteiger partial charge in [-0.05, 0) is 59.9 Å². The number of nitrogens with zero attached hydrogens (tertiary/aromatic N) is 2. The lowest BCUT2D eigenvalue weighted by Gasteiger charge is -2.42. The van der Waals surface area contributed by atoms with Crippen molar-refractivity contribution in [1.29, 1.82) is 0 Å². The molecule has 0 N–H and O–H groups in total. The van der Waals surface area contributed by atoms with Gasteiger partial charge >= 0.3 is 0 Å². The van der Waals surface area contributed by atoms with Crippen LogP contribution in [0.3, 0.4) is 0 Å². The molecule has 0 aliphatic carbocycles. The first kappa shape index (κ1) is 26.1. The molecule has 0 spiro atoms. The SMILES string of the molecule is CCCCN1c2ccccc2C(C)(C)c2ccccc21.CCN1c2ccccc2C(C)(C)c2ccccc21. The second-order valence-electron chi connectivity index (χ2n) is 11.6. The van der Waals surface area contributed by atoms with Crippen LogP contribution < -0.4 is 9.80 Å². The third-order valence-corrected chi connectivity index (χ3v) is 8.52. The summed E-state index contributed by atoms with van der Waals surface area (Å²) < 4.78 is 0. The highest BCUT2D eigenvalue weighted by molar-refractivity contribution is 5.78. The molecule has 0 bridgehead atoms. The Labute approximate surface area is 229 Å². The smallest absolute Gasteiger partial charge is 0.0452 e. The van der Waals surface area contributed by atoms with Crippen molar-refractivity contribution in [2.45, 2.75) is 65.2 Å². The molecule has 0 atom stereocenters. The van der Waals surface area contributed by atoms with Crippen molar-refractivity contribution in [2.75, 3.05) is 22.9 Å². The Morgan fingerprint density at radius 1 is 0.474 bits per heavy atom. The van der Waals surface area contributed by atoms with Gasteiger partial charge in [-0.15, -0.1) is 0 Å². The summed E-state index contributed by atoms with van der Waals surface area (Å²) in [6.45, 7) is 15.9. The van der Waals surface area contributed by atoms with E-state index < -0.39 is 0 Å². The average Bonchev–Trinajstić information content (AvgIpc) is 2.94. The number of benzene rings is 4. The molecule has 196 valence electrons. The van der Waals surface area contributed by atoms with Crippen LogP contribution in [0.2, 0.25) is 0 Å². The van der Waals surface area contributed by atoms with Crippen LogP contribution in [0, 0.1) is 0 Å². The molecular formula is C36H42N2. The monoisotopic (exact) mass is 502 g/mol. The van der Waals surface area contributed by atoms with Crippen LogP contribution in [0.1, 0.15) is 76.6 Å². The van der Waals surface area contributed by atoms with E-state index in [0.29, 0.717) is 0 Å². The van der Waals surface area contributed by atoms with Gasteiger partial charge in [0, 0.05) is 46.7 Å². The molecule has 2 heteroatoms. The fourth-order valence-electron chi connectivity index (χ4n) is 6.40. The number of rotatable bonds is 4. The lowest BCUT2D eigenvalue weighted by molar-refractivity contribution is 0.620. The molecule has 0 amide bonds. The summed E-state index contributed by atoms with van der Waals surface area (Å²) in [4.78, 5) is 4.91. The van der Waals surface area contributed by atoms with Gasteiger partial charge in [0.05, 0.1) is 0 Å². The number of fused-ring (bicyclic) bond motifs is 4. The Hall–Kier alpha value is -3.52. The second-order valence-corrected chi connectivity index (χ2v) is 11.6. The topological polar surface area (TPSA) is 6.48 Å². The van der Waals surface area contributed by atoms with Crippen molar-refractivity contribution in [1.82, 2.24) is 0 Å². The molecule has 2 heterocycles. The van der Waals surface area contributed by atoms with Gasteiger partial charge in [-0.25, -0.2) is 0 Å². The predicted molar refractivity (Wildman–Crippen MR) is 165 cm³/mol. The van der Waals surface area contributed by atoms with E-state index in [4.69, 9.17) is 0 Å². The third-order valence-electron chi connectivity index (χ3n) is 8.52. The zero-order chi connectivity index (χ0) is 26.9. The van der Waals surface area contributed by atoms with E-state index in [1.807, 2.05) is 0 Å². The first-order chi connectivity index (χ1) is 18.3. The Morgan fingerprint density at radius 3 is 1.11 bits per heavy atom. The lowest BCUT2D eigenvalue weighted by Crippen LogP contribution is -2.33. The Kier molecular flexibility index (Phi) is 7.09. The molecule has 0 saturated heterocycles. The standard InChI is InChI=1S/C19H23N.C17H19N/c1-4-5-14-20-17-12-8-6-10-15(17)19(2,3)16-11-7-9-13-18(16)20;1-4-18-15-11-7-5-9-13(15)17(2,3)14-10-6-8-12-16(14)18/h6-13H,4-5,14H2,1-3H3;5-12H,4H2,1-3H3. The van der Waals surface area contributed by atoms with E-state index >= 15 is 0 Å². The van der Waals surface area contributed by atoms with E-state index in [2.05, 4.69) is 148 Å². The van der Waals surface area contributed by atoms with Gasteiger partial charge < -0.3 is 9.80 Å². The minimum absolute atomic E-state index is 0.0793. The largest absolute Gasteiger partial charge is 0.341 e. The highest BCUT2D eigenvalue weighted by Crippen LogP contribution is 2.49. The van der Waals surface area contributed by atoms with Crippen LogP contribution in [0.4, 0.5) is 22.7 Å². The number of unbranched alkanes of at least 4 members (excludes halogenated alkanes) is 1. The summed E-state index contributed by atoms with van der Waals surface area (Å²) >= 11 is 0. The van der Waals surface area contributed by atoms with Crippen LogP contribution >= 0.6 is 0 Å². The molecule has 38 heavy (non-hydrogen) atoms. The Morgan fingerprint density at radius 2 is 0.789 bits per heavy atom. The summed E-state index contributed by atoms with van der Waals surface area (Å²) in [5.74, 6) is 0. The zero-order valence-electron chi connectivity index (χ0n) is 24.0. The molecule has 4 aromatic carbocycles. The van der Waals surface area contributed by atoms with Crippen molar-refractivity contribution in [2.24, 2.45) is 0 Å². The molecule has 4 aromatic rings. The van der Waals surface area contributed by atoms with E-state index in [0.717, 1.165) is 13.1 Å². The third kappa shape index (κ3) is 4.30. The number of para-hydroxylation sites is 4. The van der Waals surface area contributed by atoms with E-state index in [-0.39, 0.29) is 10.8 Å². The van der Waals surface area contributed by atoms with Gasteiger partial charge in [0.1, 0.15) is 0 Å². The summed E-state index contributed by atoms with van der Waals surface area (Å²) in [7, 11) is 0. The minimum atomic E-state index is 0.0793. The molecule has 6 rings (SSSR count). The average molecular weight is 503 g/mol. The maximum absolute atomic E-state index is 2.50. The first-order valence-electron chi connectivity index (χ1n) is 14.3. The molecule has 0 aromatic heterocycles. The van der Waals surface area contributed by atoms with Crippen molar-refractivity contribution in [3.05, 3.63) is 119 Å². The fourth-order valence-corrected chi connectivity index (χ4v) is 6.40. The number of hydrogen-bond donors (Lipinski definition) is 0. The van der Waals surface area contributed by atoms with E-state index in [9.17, 15) is 0 Å². The van der Waals surface area contributed by atoms with Crippen LogP contribution in [0.15, 0.2) is 97.1 Å². The van der Waals surface area contributed by atoms with Crippen LogP contribution in [-0.4, -0.2) is 13.1 Å². The zero-order valence-corrected chi connectivity index (χ0v) is 24.0. The Balaban J connectivity index is 0.000000156. The fraction of sp³-hybridized carbons (Fsp3) is 0.333. The molecular weight excluding hydrogens is 460 g/mol. The van der Waals surface area contributed by atoms with Gasteiger partial charge in [-0.2, -0.15) is 0 Å². The van der Waals surface area contributed by atoms with Gasteiger partial charge in [-0.3, -0.25) is 0 Å². The number of anilines is 4. The van der Waals surface area contributed by atoms with Crippen molar-refractivity contribution in [3.63, 3.8) is 0 Å². The summed E-state index contributed by atoms with van der Waals surface area (Å²) in [5, 5.41) is 0. The molecule has 2 nitrogen and oxygen atoms in total. The van der Waals surface area contributed by atoms with Crippen LogP contribution in [0.25, 0.3) is 0 Å². The van der Waals surface area contributed by atoms with Gasteiger partial charge in [0.2, 0.25) is 0 Å².